The number of nitrogen functional groups attached to an aromatic ring is 1. The molecule has 4 nitrogen and oxygen atoms in total. The number of nitriles is 1. The average molecular weight is 292 g/mol. The van der Waals surface area contributed by atoms with Crippen LogP contribution in [0, 0.1) is 11.3 Å². The van der Waals surface area contributed by atoms with E-state index in [0.717, 1.165) is 12.1 Å². The molecule has 2 N–H and O–H groups in total. The van der Waals surface area contributed by atoms with Gasteiger partial charge in [-0.05, 0) is 36.4 Å². The van der Waals surface area contributed by atoms with Gasteiger partial charge < -0.3 is 10.6 Å². The normalized spacial score (nSPS) is 11.0. The SMILES string of the molecule is CN(c1ccc(C#N)cc1)c1cc(C(F)(F)F)cc(N)n1. The Bertz CT molecular complexity index is 687. The van der Waals surface area contributed by atoms with Gasteiger partial charge in [0.1, 0.15) is 11.6 Å². The fourth-order valence-electron chi connectivity index (χ4n) is 1.76. The van der Waals surface area contributed by atoms with Gasteiger partial charge in [0.15, 0.2) is 0 Å². The molecule has 2 rings (SSSR count). The lowest BCUT2D eigenvalue weighted by Gasteiger charge is -2.20. The van der Waals surface area contributed by atoms with Crippen LogP contribution in [-0.2, 0) is 6.18 Å². The van der Waals surface area contributed by atoms with Crippen molar-refractivity contribution in [3.63, 3.8) is 0 Å². The second-order valence-electron chi connectivity index (χ2n) is 4.35. The topological polar surface area (TPSA) is 65.9 Å². The van der Waals surface area contributed by atoms with Crippen molar-refractivity contribution in [2.24, 2.45) is 0 Å². The molecule has 0 amide bonds. The minimum atomic E-state index is -4.49. The number of rotatable bonds is 2. The summed E-state index contributed by atoms with van der Waals surface area (Å²) >= 11 is 0. The predicted molar refractivity (Wildman–Crippen MR) is 72.9 cm³/mol. The number of nitrogens with zero attached hydrogens (tertiary/aromatic N) is 3. The highest BCUT2D eigenvalue weighted by molar-refractivity contribution is 5.62. The first kappa shape index (κ1) is 14.7. The first-order chi connectivity index (χ1) is 9.81. The highest BCUT2D eigenvalue weighted by atomic mass is 19.4. The van der Waals surface area contributed by atoms with E-state index in [0.29, 0.717) is 11.3 Å². The highest BCUT2D eigenvalue weighted by Gasteiger charge is 2.31. The van der Waals surface area contributed by atoms with Crippen molar-refractivity contribution in [3.8, 4) is 6.07 Å². The summed E-state index contributed by atoms with van der Waals surface area (Å²) in [6.07, 6.45) is -4.49. The molecule has 2 aromatic rings. The zero-order valence-corrected chi connectivity index (χ0v) is 11.0. The van der Waals surface area contributed by atoms with Crippen LogP contribution in [0.15, 0.2) is 36.4 Å². The minimum absolute atomic E-state index is 0.0760. The third-order valence-electron chi connectivity index (χ3n) is 2.89. The lowest BCUT2D eigenvalue weighted by Crippen LogP contribution is -2.15. The van der Waals surface area contributed by atoms with Crippen LogP contribution >= 0.6 is 0 Å². The van der Waals surface area contributed by atoms with E-state index in [1.54, 1.807) is 31.3 Å². The number of alkyl halides is 3. The summed E-state index contributed by atoms with van der Waals surface area (Å²) in [5, 5.41) is 8.73. The number of hydrogen-bond acceptors (Lipinski definition) is 4. The Morgan fingerprint density at radius 3 is 2.33 bits per heavy atom. The number of pyridine rings is 1. The van der Waals surface area contributed by atoms with E-state index in [9.17, 15) is 13.2 Å². The Balaban J connectivity index is 2.40. The molecule has 21 heavy (non-hydrogen) atoms. The maximum absolute atomic E-state index is 12.8. The zero-order chi connectivity index (χ0) is 15.6. The van der Waals surface area contributed by atoms with Crippen LogP contribution in [0.2, 0.25) is 0 Å². The van der Waals surface area contributed by atoms with Gasteiger partial charge in [-0.2, -0.15) is 18.4 Å². The molecule has 0 radical (unpaired) electrons. The average Bonchev–Trinajstić information content (AvgIpc) is 2.45. The van der Waals surface area contributed by atoms with E-state index in [1.807, 2.05) is 6.07 Å². The maximum atomic E-state index is 12.8. The van der Waals surface area contributed by atoms with E-state index >= 15 is 0 Å². The molecule has 1 heterocycles. The van der Waals surface area contributed by atoms with Crippen LogP contribution in [0.25, 0.3) is 0 Å². The standard InChI is InChI=1S/C14H11F3N4/c1-21(11-4-2-9(8-18)3-5-11)13-7-10(14(15,16)17)6-12(19)20-13/h2-7H,1H3,(H2,19,20). The van der Waals surface area contributed by atoms with Crippen molar-refractivity contribution in [1.82, 2.24) is 4.98 Å². The summed E-state index contributed by atoms with van der Waals surface area (Å²) in [5.41, 5.74) is 5.64. The van der Waals surface area contributed by atoms with E-state index in [4.69, 9.17) is 11.0 Å². The molecule has 1 aromatic heterocycles. The van der Waals surface area contributed by atoms with E-state index in [-0.39, 0.29) is 11.6 Å². The number of aromatic nitrogens is 1. The van der Waals surface area contributed by atoms with Crippen molar-refractivity contribution in [3.05, 3.63) is 47.5 Å². The van der Waals surface area contributed by atoms with Crippen LogP contribution in [-0.4, -0.2) is 12.0 Å². The van der Waals surface area contributed by atoms with Gasteiger partial charge in [-0.15, -0.1) is 0 Å². The Labute approximate surface area is 119 Å². The maximum Gasteiger partial charge on any atom is 0.416 e. The first-order valence-electron chi connectivity index (χ1n) is 5.90. The van der Waals surface area contributed by atoms with Gasteiger partial charge >= 0.3 is 6.18 Å². The Morgan fingerprint density at radius 1 is 1.19 bits per heavy atom. The fraction of sp³-hybridized carbons (Fsp3) is 0.143. The van der Waals surface area contributed by atoms with Crippen LogP contribution in [0.4, 0.5) is 30.5 Å². The second-order valence-corrected chi connectivity index (χ2v) is 4.35. The van der Waals surface area contributed by atoms with Gasteiger partial charge in [-0.1, -0.05) is 0 Å². The highest BCUT2D eigenvalue weighted by Crippen LogP contribution is 2.33. The second kappa shape index (κ2) is 5.32. The molecule has 0 saturated heterocycles. The van der Waals surface area contributed by atoms with Crippen molar-refractivity contribution in [1.29, 1.82) is 5.26 Å². The number of halogens is 3. The van der Waals surface area contributed by atoms with E-state index < -0.39 is 11.7 Å². The lowest BCUT2D eigenvalue weighted by atomic mass is 10.2. The summed E-state index contributed by atoms with van der Waals surface area (Å²) in [6, 6.07) is 10.1. The van der Waals surface area contributed by atoms with Gasteiger partial charge in [0.25, 0.3) is 0 Å². The quantitative estimate of drug-likeness (QED) is 0.922. The summed E-state index contributed by atoms with van der Waals surface area (Å²) in [7, 11) is 1.57. The largest absolute Gasteiger partial charge is 0.416 e. The third-order valence-corrected chi connectivity index (χ3v) is 2.89. The van der Waals surface area contributed by atoms with Gasteiger partial charge in [0.05, 0.1) is 17.2 Å². The Kier molecular flexibility index (Phi) is 3.72. The minimum Gasteiger partial charge on any atom is -0.384 e. The zero-order valence-electron chi connectivity index (χ0n) is 11.0. The number of benzene rings is 1. The molecule has 0 spiro atoms. The summed E-state index contributed by atoms with van der Waals surface area (Å²) in [5.74, 6) is -0.132. The molecule has 0 bridgehead atoms. The van der Waals surface area contributed by atoms with E-state index in [1.165, 1.54) is 4.90 Å². The molecule has 0 aliphatic carbocycles. The predicted octanol–water partition coefficient (Wildman–Crippen LogP) is 3.32. The molecular formula is C14H11F3N4. The number of anilines is 3. The summed E-state index contributed by atoms with van der Waals surface area (Å²) in [6.45, 7) is 0. The van der Waals surface area contributed by atoms with Crippen molar-refractivity contribution in [2.45, 2.75) is 6.18 Å². The van der Waals surface area contributed by atoms with Gasteiger partial charge in [0.2, 0.25) is 0 Å². The molecular weight excluding hydrogens is 281 g/mol. The van der Waals surface area contributed by atoms with Crippen LogP contribution < -0.4 is 10.6 Å². The monoisotopic (exact) mass is 292 g/mol. The first-order valence-corrected chi connectivity index (χ1v) is 5.90. The number of hydrogen-bond donors (Lipinski definition) is 1. The fourth-order valence-corrected chi connectivity index (χ4v) is 1.76. The molecule has 0 aliphatic rings. The lowest BCUT2D eigenvalue weighted by molar-refractivity contribution is -0.137. The number of nitrogens with two attached hydrogens (primary N) is 1. The van der Waals surface area contributed by atoms with Gasteiger partial charge in [0, 0.05) is 12.7 Å². The molecule has 0 aliphatic heterocycles. The molecule has 0 unspecified atom stereocenters. The van der Waals surface area contributed by atoms with Crippen molar-refractivity contribution >= 4 is 17.3 Å². The smallest absolute Gasteiger partial charge is 0.384 e. The van der Waals surface area contributed by atoms with Gasteiger partial charge in [-0.3, -0.25) is 0 Å². The molecule has 0 saturated carbocycles. The summed E-state index contributed by atoms with van der Waals surface area (Å²) in [4.78, 5) is 5.37. The Morgan fingerprint density at radius 2 is 1.81 bits per heavy atom. The van der Waals surface area contributed by atoms with Gasteiger partial charge in [-0.25, -0.2) is 4.98 Å². The summed E-state index contributed by atoms with van der Waals surface area (Å²) < 4.78 is 38.3. The van der Waals surface area contributed by atoms with Crippen LogP contribution in [0.1, 0.15) is 11.1 Å². The molecule has 1 aromatic carbocycles. The van der Waals surface area contributed by atoms with Crippen LogP contribution in [0.5, 0.6) is 0 Å². The molecule has 0 atom stereocenters. The van der Waals surface area contributed by atoms with Crippen LogP contribution in [0.3, 0.4) is 0 Å². The Hall–Kier alpha value is -2.75. The molecule has 108 valence electrons. The molecule has 0 fully saturated rings. The van der Waals surface area contributed by atoms with Crippen molar-refractivity contribution in [2.75, 3.05) is 17.7 Å². The molecule has 7 heteroatoms. The third kappa shape index (κ3) is 3.23. The van der Waals surface area contributed by atoms with E-state index in [2.05, 4.69) is 4.98 Å². The van der Waals surface area contributed by atoms with Crippen molar-refractivity contribution < 1.29 is 13.2 Å².